The molecular formula is C19H19NO4. The summed E-state index contributed by atoms with van der Waals surface area (Å²) in [6, 6.07) is 13.3. The molecule has 0 aliphatic heterocycles. The van der Waals surface area contributed by atoms with Crippen LogP contribution in [0.5, 0.6) is 11.5 Å². The number of para-hydroxylation sites is 1. The van der Waals surface area contributed by atoms with Crippen LogP contribution in [0, 0.1) is 6.92 Å². The third-order valence-electron chi connectivity index (χ3n) is 4.00. The van der Waals surface area contributed by atoms with Crippen molar-refractivity contribution in [2.24, 2.45) is 0 Å². The highest BCUT2D eigenvalue weighted by molar-refractivity contribution is 6.03. The fourth-order valence-corrected chi connectivity index (χ4v) is 2.73. The molecule has 5 nitrogen and oxygen atoms in total. The average molecular weight is 325 g/mol. The van der Waals surface area contributed by atoms with Crippen LogP contribution in [-0.4, -0.2) is 29.4 Å². The first-order valence-electron chi connectivity index (χ1n) is 7.68. The quantitative estimate of drug-likeness (QED) is 0.750. The molecule has 0 aliphatic carbocycles. The van der Waals surface area contributed by atoms with Gasteiger partial charge in [-0.2, -0.15) is 0 Å². The number of hydrogen-bond donors (Lipinski definition) is 1. The minimum Gasteiger partial charge on any atom is -0.497 e. The van der Waals surface area contributed by atoms with E-state index in [1.165, 1.54) is 0 Å². The number of rotatable bonds is 6. The van der Waals surface area contributed by atoms with Crippen molar-refractivity contribution in [2.45, 2.75) is 13.5 Å². The van der Waals surface area contributed by atoms with E-state index in [9.17, 15) is 9.90 Å². The van der Waals surface area contributed by atoms with E-state index < -0.39 is 5.97 Å². The lowest BCUT2D eigenvalue weighted by molar-refractivity contribution is 0.0698. The second-order valence-corrected chi connectivity index (χ2v) is 5.54. The molecular weight excluding hydrogens is 306 g/mol. The maximum atomic E-state index is 11.5. The van der Waals surface area contributed by atoms with Crippen molar-refractivity contribution in [2.75, 3.05) is 13.7 Å². The summed E-state index contributed by atoms with van der Waals surface area (Å²) in [5, 5.41) is 10.1. The third-order valence-corrected chi connectivity index (χ3v) is 4.00. The zero-order valence-corrected chi connectivity index (χ0v) is 13.7. The molecule has 1 N–H and O–H groups in total. The van der Waals surface area contributed by atoms with Crippen molar-refractivity contribution in [3.05, 3.63) is 59.8 Å². The topological polar surface area (TPSA) is 60.7 Å². The van der Waals surface area contributed by atoms with Crippen LogP contribution >= 0.6 is 0 Å². The Labute approximate surface area is 140 Å². The lowest BCUT2D eigenvalue weighted by atomic mass is 10.1. The van der Waals surface area contributed by atoms with Crippen molar-refractivity contribution in [3.63, 3.8) is 0 Å². The van der Waals surface area contributed by atoms with Crippen molar-refractivity contribution in [3.8, 4) is 11.5 Å². The monoisotopic (exact) mass is 325 g/mol. The highest BCUT2D eigenvalue weighted by Gasteiger charge is 2.15. The van der Waals surface area contributed by atoms with Gasteiger partial charge in [0.15, 0.2) is 0 Å². The van der Waals surface area contributed by atoms with Crippen LogP contribution < -0.4 is 9.47 Å². The highest BCUT2D eigenvalue weighted by atomic mass is 16.5. The summed E-state index contributed by atoms with van der Waals surface area (Å²) in [4.78, 5) is 11.5. The molecule has 0 unspecified atom stereocenters. The average Bonchev–Trinajstić information content (AvgIpc) is 2.95. The number of fused-ring (bicyclic) bond motifs is 1. The molecule has 0 atom stereocenters. The first-order valence-corrected chi connectivity index (χ1v) is 7.68. The molecule has 0 fully saturated rings. The molecule has 0 amide bonds. The fraction of sp³-hybridized carbons (Fsp3) is 0.211. The molecule has 5 heteroatoms. The fourth-order valence-electron chi connectivity index (χ4n) is 2.73. The van der Waals surface area contributed by atoms with Crippen LogP contribution in [0.1, 0.15) is 15.9 Å². The number of aromatic carboxylic acids is 1. The number of nitrogens with zero attached hydrogens (tertiary/aromatic N) is 1. The van der Waals surface area contributed by atoms with E-state index >= 15 is 0 Å². The lowest BCUT2D eigenvalue weighted by Crippen LogP contribution is -2.08. The summed E-state index contributed by atoms with van der Waals surface area (Å²) in [6.45, 7) is 3.01. The summed E-state index contributed by atoms with van der Waals surface area (Å²) < 4.78 is 12.9. The summed E-state index contributed by atoms with van der Waals surface area (Å²) >= 11 is 0. The van der Waals surface area contributed by atoms with Gasteiger partial charge in [0.05, 0.1) is 19.2 Å². The predicted octanol–water partition coefficient (Wildman–Crippen LogP) is 3.74. The Morgan fingerprint density at radius 1 is 1.21 bits per heavy atom. The van der Waals surface area contributed by atoms with E-state index in [4.69, 9.17) is 9.47 Å². The number of carbonyl (C=O) groups is 1. The zero-order chi connectivity index (χ0) is 17.1. The molecule has 2 aromatic carbocycles. The van der Waals surface area contributed by atoms with Crippen LogP contribution in [0.4, 0.5) is 0 Å². The van der Waals surface area contributed by atoms with Crippen molar-refractivity contribution in [1.82, 2.24) is 4.57 Å². The molecule has 0 spiro atoms. The summed E-state index contributed by atoms with van der Waals surface area (Å²) in [6.07, 6.45) is 1.65. The van der Waals surface area contributed by atoms with E-state index in [0.29, 0.717) is 24.3 Å². The molecule has 1 aromatic heterocycles. The molecule has 0 bridgehead atoms. The third kappa shape index (κ3) is 3.06. The first kappa shape index (κ1) is 15.9. The van der Waals surface area contributed by atoms with Gasteiger partial charge in [0.1, 0.15) is 18.1 Å². The van der Waals surface area contributed by atoms with Crippen molar-refractivity contribution >= 4 is 16.9 Å². The molecule has 0 saturated carbocycles. The van der Waals surface area contributed by atoms with Crippen LogP contribution in [0.2, 0.25) is 0 Å². The maximum absolute atomic E-state index is 11.5. The van der Waals surface area contributed by atoms with Gasteiger partial charge in [0, 0.05) is 17.1 Å². The Morgan fingerprint density at radius 2 is 2.00 bits per heavy atom. The number of aryl methyl sites for hydroxylation is 1. The van der Waals surface area contributed by atoms with Crippen molar-refractivity contribution in [1.29, 1.82) is 0 Å². The second-order valence-electron chi connectivity index (χ2n) is 5.54. The molecule has 3 aromatic rings. The largest absolute Gasteiger partial charge is 0.497 e. The Morgan fingerprint density at radius 3 is 2.71 bits per heavy atom. The number of ether oxygens (including phenoxy) is 2. The molecule has 24 heavy (non-hydrogen) atoms. The number of carboxylic acids is 1. The number of methoxy groups -OCH3 is 1. The van der Waals surface area contributed by atoms with Crippen LogP contribution in [-0.2, 0) is 6.54 Å². The van der Waals surface area contributed by atoms with Gasteiger partial charge >= 0.3 is 5.97 Å². The minimum atomic E-state index is -0.952. The predicted molar refractivity (Wildman–Crippen MR) is 92.1 cm³/mol. The van der Waals surface area contributed by atoms with Crippen LogP contribution in [0.3, 0.4) is 0 Å². The standard InChI is InChI=1S/C19H19NO4/c1-13-5-3-4-6-18(13)24-10-9-20-12-16(19(21)22)15-11-14(23-2)7-8-17(15)20/h3-8,11-12H,9-10H2,1-2H3,(H,21,22). The maximum Gasteiger partial charge on any atom is 0.337 e. The number of benzene rings is 2. The van der Waals surface area contributed by atoms with E-state index in [-0.39, 0.29) is 5.56 Å². The van der Waals surface area contributed by atoms with Gasteiger partial charge in [-0.1, -0.05) is 18.2 Å². The van der Waals surface area contributed by atoms with E-state index in [1.54, 1.807) is 19.4 Å². The van der Waals surface area contributed by atoms with Gasteiger partial charge in [-0.3, -0.25) is 0 Å². The summed E-state index contributed by atoms with van der Waals surface area (Å²) in [5.74, 6) is 0.528. The van der Waals surface area contributed by atoms with Gasteiger partial charge in [-0.25, -0.2) is 4.79 Å². The molecule has 3 rings (SSSR count). The molecule has 0 saturated heterocycles. The van der Waals surface area contributed by atoms with Crippen LogP contribution in [0.25, 0.3) is 10.9 Å². The first-order chi connectivity index (χ1) is 11.6. The van der Waals surface area contributed by atoms with Crippen molar-refractivity contribution < 1.29 is 19.4 Å². The van der Waals surface area contributed by atoms with Gasteiger partial charge < -0.3 is 19.1 Å². The zero-order valence-electron chi connectivity index (χ0n) is 13.7. The highest BCUT2D eigenvalue weighted by Crippen LogP contribution is 2.26. The minimum absolute atomic E-state index is 0.264. The second kappa shape index (κ2) is 6.66. The molecule has 1 heterocycles. The lowest BCUT2D eigenvalue weighted by Gasteiger charge is -2.10. The number of carboxylic acid groups (broad SMARTS) is 1. The molecule has 0 aliphatic rings. The van der Waals surface area contributed by atoms with Gasteiger partial charge in [0.2, 0.25) is 0 Å². The van der Waals surface area contributed by atoms with Crippen LogP contribution in [0.15, 0.2) is 48.7 Å². The Hall–Kier alpha value is -2.95. The number of aromatic nitrogens is 1. The van der Waals surface area contributed by atoms with E-state index in [1.807, 2.05) is 47.9 Å². The van der Waals surface area contributed by atoms with Gasteiger partial charge in [-0.05, 0) is 36.8 Å². The van der Waals surface area contributed by atoms with E-state index in [2.05, 4.69) is 0 Å². The SMILES string of the molecule is COc1ccc2c(c1)c(C(=O)O)cn2CCOc1ccccc1C. The Kier molecular flexibility index (Phi) is 4.42. The Balaban J connectivity index is 1.84. The smallest absolute Gasteiger partial charge is 0.337 e. The van der Waals surface area contributed by atoms with E-state index in [0.717, 1.165) is 16.8 Å². The normalized spacial score (nSPS) is 10.8. The molecule has 0 radical (unpaired) electrons. The summed E-state index contributed by atoms with van der Waals surface area (Å²) in [7, 11) is 1.56. The van der Waals surface area contributed by atoms with Gasteiger partial charge in [-0.15, -0.1) is 0 Å². The number of hydrogen-bond acceptors (Lipinski definition) is 3. The molecule has 124 valence electrons. The van der Waals surface area contributed by atoms with Gasteiger partial charge in [0.25, 0.3) is 0 Å². The summed E-state index contributed by atoms with van der Waals surface area (Å²) in [5.41, 5.74) is 2.19. The Bertz CT molecular complexity index is 882.